The van der Waals surface area contributed by atoms with Gasteiger partial charge in [0.1, 0.15) is 12.2 Å². The average Bonchev–Trinajstić information content (AvgIpc) is 2.98. The highest BCUT2D eigenvalue weighted by atomic mass is 16.7. The zero-order valence-electron chi connectivity index (χ0n) is 11.9. The van der Waals surface area contributed by atoms with Gasteiger partial charge in [-0.05, 0) is 25.0 Å². The summed E-state index contributed by atoms with van der Waals surface area (Å²) < 4.78 is 10.5. The van der Waals surface area contributed by atoms with E-state index >= 15 is 0 Å². The predicted molar refractivity (Wildman–Crippen MR) is 73.7 cm³/mol. The maximum Gasteiger partial charge on any atom is 0.509 e. The standard InChI is InChI=1S/C16H20O3/c1-15(2)10-13(15)16(3,4)19-14(17)18-11-12-8-6-5-7-9-12/h5-10H,11H2,1-4H3. The van der Waals surface area contributed by atoms with Crippen molar-refractivity contribution in [2.75, 3.05) is 0 Å². The van der Waals surface area contributed by atoms with Gasteiger partial charge in [0.05, 0.1) is 0 Å². The van der Waals surface area contributed by atoms with Crippen molar-refractivity contribution in [3.8, 4) is 0 Å². The van der Waals surface area contributed by atoms with Crippen LogP contribution in [0.1, 0.15) is 33.3 Å². The van der Waals surface area contributed by atoms with Crippen LogP contribution in [-0.4, -0.2) is 11.8 Å². The minimum Gasteiger partial charge on any atom is -0.429 e. The van der Waals surface area contributed by atoms with Gasteiger partial charge in [0, 0.05) is 5.41 Å². The molecule has 0 saturated carbocycles. The van der Waals surface area contributed by atoms with E-state index in [-0.39, 0.29) is 12.0 Å². The van der Waals surface area contributed by atoms with Gasteiger partial charge in [-0.15, -0.1) is 0 Å². The van der Waals surface area contributed by atoms with E-state index in [1.165, 1.54) is 0 Å². The third kappa shape index (κ3) is 3.37. The summed E-state index contributed by atoms with van der Waals surface area (Å²) in [6.07, 6.45) is 1.48. The number of carbonyl (C=O) groups is 1. The number of hydrogen-bond acceptors (Lipinski definition) is 3. The molecule has 0 radical (unpaired) electrons. The molecule has 1 aromatic carbocycles. The third-order valence-corrected chi connectivity index (χ3v) is 3.30. The number of benzene rings is 1. The van der Waals surface area contributed by atoms with E-state index in [1.54, 1.807) is 0 Å². The smallest absolute Gasteiger partial charge is 0.429 e. The van der Waals surface area contributed by atoms with Gasteiger partial charge in [0.15, 0.2) is 0 Å². The predicted octanol–water partition coefficient (Wildman–Crippen LogP) is 4.08. The lowest BCUT2D eigenvalue weighted by Gasteiger charge is -2.25. The first-order valence-electron chi connectivity index (χ1n) is 6.45. The Bertz CT molecular complexity index is 498. The van der Waals surface area contributed by atoms with Crippen molar-refractivity contribution in [1.29, 1.82) is 0 Å². The summed E-state index contributed by atoms with van der Waals surface area (Å²) in [5, 5.41) is 0. The fourth-order valence-corrected chi connectivity index (χ4v) is 2.28. The first-order chi connectivity index (χ1) is 8.81. The van der Waals surface area contributed by atoms with Gasteiger partial charge in [-0.2, -0.15) is 0 Å². The van der Waals surface area contributed by atoms with Gasteiger partial charge in [0.25, 0.3) is 0 Å². The molecular formula is C16H20O3. The highest BCUT2D eigenvalue weighted by molar-refractivity contribution is 5.62. The molecule has 0 N–H and O–H groups in total. The Morgan fingerprint density at radius 3 is 2.32 bits per heavy atom. The van der Waals surface area contributed by atoms with Crippen LogP contribution < -0.4 is 0 Å². The summed E-state index contributed by atoms with van der Waals surface area (Å²) in [7, 11) is 0. The van der Waals surface area contributed by atoms with Gasteiger partial charge in [-0.3, -0.25) is 0 Å². The molecule has 0 spiro atoms. The number of rotatable bonds is 4. The maximum atomic E-state index is 11.7. The normalized spacial score (nSPS) is 16.5. The molecule has 0 bridgehead atoms. The monoisotopic (exact) mass is 260 g/mol. The first-order valence-corrected chi connectivity index (χ1v) is 6.45. The minimum absolute atomic E-state index is 0.0587. The molecule has 0 unspecified atom stereocenters. The summed E-state index contributed by atoms with van der Waals surface area (Å²) in [6.45, 7) is 8.21. The molecule has 3 heteroatoms. The average molecular weight is 260 g/mol. The Morgan fingerprint density at radius 2 is 1.79 bits per heavy atom. The Kier molecular flexibility index (Phi) is 3.40. The van der Waals surface area contributed by atoms with Gasteiger partial charge < -0.3 is 9.47 Å². The summed E-state index contributed by atoms with van der Waals surface area (Å²) in [6, 6.07) is 9.56. The van der Waals surface area contributed by atoms with Crippen LogP contribution in [0.25, 0.3) is 0 Å². The molecule has 0 amide bonds. The molecule has 1 aliphatic rings. The van der Waals surface area contributed by atoms with E-state index in [9.17, 15) is 4.79 Å². The fraction of sp³-hybridized carbons (Fsp3) is 0.438. The van der Waals surface area contributed by atoms with Crippen LogP contribution in [0.2, 0.25) is 0 Å². The lowest BCUT2D eigenvalue weighted by Crippen LogP contribution is -2.29. The molecule has 0 aliphatic heterocycles. The molecule has 1 aliphatic carbocycles. The van der Waals surface area contributed by atoms with E-state index in [4.69, 9.17) is 9.47 Å². The fourth-order valence-electron chi connectivity index (χ4n) is 2.28. The minimum atomic E-state index is -0.627. The van der Waals surface area contributed by atoms with Gasteiger partial charge in [-0.25, -0.2) is 4.79 Å². The van der Waals surface area contributed by atoms with E-state index in [1.807, 2.05) is 44.2 Å². The second-order valence-corrected chi connectivity index (χ2v) is 5.92. The third-order valence-electron chi connectivity index (χ3n) is 3.30. The summed E-state index contributed by atoms with van der Waals surface area (Å²) in [5.41, 5.74) is 1.54. The van der Waals surface area contributed by atoms with Crippen molar-refractivity contribution < 1.29 is 14.3 Å². The van der Waals surface area contributed by atoms with Crippen molar-refractivity contribution in [3.05, 3.63) is 47.5 Å². The van der Waals surface area contributed by atoms with Crippen molar-refractivity contribution in [1.82, 2.24) is 0 Å². The molecule has 3 nitrogen and oxygen atoms in total. The summed E-state index contributed by atoms with van der Waals surface area (Å²) in [5.74, 6) is 0. The zero-order valence-corrected chi connectivity index (χ0v) is 11.9. The molecule has 0 atom stereocenters. The summed E-state index contributed by atoms with van der Waals surface area (Å²) >= 11 is 0. The summed E-state index contributed by atoms with van der Waals surface area (Å²) in [4.78, 5) is 11.7. The largest absolute Gasteiger partial charge is 0.509 e. The van der Waals surface area contributed by atoms with Crippen molar-refractivity contribution in [2.24, 2.45) is 5.41 Å². The van der Waals surface area contributed by atoms with E-state index in [2.05, 4.69) is 19.9 Å². The Labute approximate surface area is 114 Å². The molecule has 2 rings (SSSR count). The Balaban J connectivity index is 1.83. The van der Waals surface area contributed by atoms with Crippen LogP contribution in [0.5, 0.6) is 0 Å². The van der Waals surface area contributed by atoms with Crippen molar-refractivity contribution in [2.45, 2.75) is 39.9 Å². The van der Waals surface area contributed by atoms with Gasteiger partial charge in [0.2, 0.25) is 0 Å². The van der Waals surface area contributed by atoms with Crippen LogP contribution >= 0.6 is 0 Å². The lowest BCUT2D eigenvalue weighted by molar-refractivity contribution is -0.00376. The number of allylic oxidation sites excluding steroid dienone is 1. The van der Waals surface area contributed by atoms with Gasteiger partial charge >= 0.3 is 6.16 Å². The number of ether oxygens (including phenoxy) is 2. The van der Waals surface area contributed by atoms with Crippen LogP contribution in [0.4, 0.5) is 4.79 Å². The van der Waals surface area contributed by atoms with Crippen LogP contribution in [0.3, 0.4) is 0 Å². The van der Waals surface area contributed by atoms with Crippen LogP contribution in [0.15, 0.2) is 42.0 Å². The van der Waals surface area contributed by atoms with Crippen molar-refractivity contribution >= 4 is 6.16 Å². The molecule has 0 fully saturated rings. The molecule has 0 aromatic heterocycles. The van der Waals surface area contributed by atoms with E-state index < -0.39 is 11.8 Å². The zero-order chi connectivity index (χ0) is 14.1. The number of carbonyl (C=O) groups excluding carboxylic acids is 1. The lowest BCUT2D eigenvalue weighted by atomic mass is 9.95. The van der Waals surface area contributed by atoms with Gasteiger partial charge in [-0.1, -0.05) is 50.3 Å². The molecule has 0 saturated heterocycles. The van der Waals surface area contributed by atoms with E-state index in [0.717, 1.165) is 11.1 Å². The second kappa shape index (κ2) is 4.72. The first kappa shape index (κ1) is 13.7. The molecular weight excluding hydrogens is 240 g/mol. The highest BCUT2D eigenvalue weighted by Gasteiger charge is 2.46. The highest BCUT2D eigenvalue weighted by Crippen LogP contribution is 2.50. The Morgan fingerprint density at radius 1 is 1.21 bits per heavy atom. The molecule has 19 heavy (non-hydrogen) atoms. The van der Waals surface area contributed by atoms with E-state index in [0.29, 0.717) is 0 Å². The molecule has 102 valence electrons. The topological polar surface area (TPSA) is 35.5 Å². The SMILES string of the molecule is CC1(C)C=C1C(C)(C)OC(=O)OCc1ccccc1. The maximum absolute atomic E-state index is 11.7. The second-order valence-electron chi connectivity index (χ2n) is 5.92. The van der Waals surface area contributed by atoms with Crippen molar-refractivity contribution in [3.63, 3.8) is 0 Å². The number of hydrogen-bond donors (Lipinski definition) is 0. The molecule has 0 heterocycles. The molecule has 1 aromatic rings. The van der Waals surface area contributed by atoms with Crippen LogP contribution in [0, 0.1) is 5.41 Å². The van der Waals surface area contributed by atoms with Crippen LogP contribution in [-0.2, 0) is 16.1 Å². The Hall–Kier alpha value is -1.77. The quantitative estimate of drug-likeness (QED) is 0.604.